The molecule has 33 heavy (non-hydrogen) atoms. The van der Waals surface area contributed by atoms with E-state index >= 15 is 0 Å². The fourth-order valence-corrected chi connectivity index (χ4v) is 5.82. The molecule has 0 aliphatic carbocycles. The number of anilines is 1. The molecule has 3 heterocycles. The summed E-state index contributed by atoms with van der Waals surface area (Å²) >= 11 is 0. The van der Waals surface area contributed by atoms with Crippen LogP contribution >= 0.6 is 0 Å². The highest BCUT2D eigenvalue weighted by atomic mass is 32.2. The molecule has 1 aromatic carbocycles. The Bertz CT molecular complexity index is 919. The molecule has 0 bridgehead atoms. The second-order valence-corrected chi connectivity index (χ2v) is 10.7. The lowest BCUT2D eigenvalue weighted by molar-refractivity contribution is -0.132. The van der Waals surface area contributed by atoms with E-state index in [0.29, 0.717) is 38.5 Å². The third-order valence-electron chi connectivity index (χ3n) is 6.40. The first-order valence-corrected chi connectivity index (χ1v) is 13.1. The smallest absolute Gasteiger partial charge is 0.243 e. The van der Waals surface area contributed by atoms with E-state index in [1.54, 1.807) is 12.1 Å². The molecule has 0 atom stereocenters. The summed E-state index contributed by atoms with van der Waals surface area (Å²) in [7, 11) is -3.55. The zero-order valence-corrected chi connectivity index (χ0v) is 19.8. The molecule has 0 unspecified atom stereocenters. The van der Waals surface area contributed by atoms with Gasteiger partial charge in [-0.3, -0.25) is 19.4 Å². The first-order chi connectivity index (χ1) is 15.9. The van der Waals surface area contributed by atoms with Gasteiger partial charge in [-0.15, -0.1) is 0 Å². The number of likely N-dealkylation sites (tertiary alicyclic amines) is 1. The summed E-state index contributed by atoms with van der Waals surface area (Å²) < 4.78 is 32.0. The van der Waals surface area contributed by atoms with E-state index < -0.39 is 10.0 Å². The fraction of sp³-hybridized carbons (Fsp3) is 0.636. The van der Waals surface area contributed by atoms with Crippen molar-refractivity contribution in [1.29, 1.82) is 0 Å². The van der Waals surface area contributed by atoms with Gasteiger partial charge in [-0.2, -0.15) is 4.31 Å². The highest BCUT2D eigenvalue weighted by Crippen LogP contribution is 2.19. The molecule has 0 aromatic heterocycles. The number of hydrogen-bond donors (Lipinski definition) is 1. The van der Waals surface area contributed by atoms with Gasteiger partial charge in [0, 0.05) is 58.0 Å². The number of hydrogen-bond acceptors (Lipinski definition) is 7. The van der Waals surface area contributed by atoms with Gasteiger partial charge >= 0.3 is 0 Å². The van der Waals surface area contributed by atoms with E-state index in [1.165, 1.54) is 16.4 Å². The monoisotopic (exact) mass is 479 g/mol. The standard InChI is InChI=1S/C22H33N5O5S/c28-21(17-24-9-11-25(12-10-24)18-22(29)26-7-1-2-8-26)23-19-3-5-20(6-4-19)33(30,31)27-13-15-32-16-14-27/h3-6H,1-2,7-18H2,(H,23,28). The lowest BCUT2D eigenvalue weighted by Crippen LogP contribution is -2.51. The molecular weight excluding hydrogens is 446 g/mol. The first-order valence-electron chi connectivity index (χ1n) is 11.6. The van der Waals surface area contributed by atoms with Crippen LogP contribution in [0, 0.1) is 0 Å². The second kappa shape index (κ2) is 10.9. The van der Waals surface area contributed by atoms with Gasteiger partial charge in [-0.1, -0.05) is 0 Å². The summed E-state index contributed by atoms with van der Waals surface area (Å²) in [6, 6.07) is 6.29. The molecule has 0 radical (unpaired) electrons. The van der Waals surface area contributed by atoms with Crippen LogP contribution in [0.4, 0.5) is 5.69 Å². The zero-order chi connectivity index (χ0) is 23.3. The summed E-state index contributed by atoms with van der Waals surface area (Å²) in [5.41, 5.74) is 0.566. The Hall–Kier alpha value is -2.05. The number of nitrogens with zero attached hydrogens (tertiary/aromatic N) is 4. The molecule has 1 aromatic rings. The number of benzene rings is 1. The van der Waals surface area contributed by atoms with Gasteiger partial charge in [0.1, 0.15) is 0 Å². The van der Waals surface area contributed by atoms with Crippen molar-refractivity contribution in [1.82, 2.24) is 19.0 Å². The van der Waals surface area contributed by atoms with Gasteiger partial charge in [0.25, 0.3) is 0 Å². The van der Waals surface area contributed by atoms with Crippen LogP contribution in [-0.2, 0) is 24.3 Å². The number of piperazine rings is 1. The lowest BCUT2D eigenvalue weighted by atomic mass is 10.3. The van der Waals surface area contributed by atoms with E-state index in [-0.39, 0.29) is 23.3 Å². The molecule has 1 N–H and O–H groups in total. The van der Waals surface area contributed by atoms with Crippen LogP contribution in [-0.4, -0.2) is 118 Å². The summed E-state index contributed by atoms with van der Waals surface area (Å²) in [5.74, 6) is 0.0677. The Morgan fingerprint density at radius 2 is 1.39 bits per heavy atom. The van der Waals surface area contributed by atoms with E-state index in [1.807, 2.05) is 4.90 Å². The van der Waals surface area contributed by atoms with E-state index in [4.69, 9.17) is 4.74 Å². The molecule has 10 nitrogen and oxygen atoms in total. The van der Waals surface area contributed by atoms with Gasteiger partial charge in [0.05, 0.1) is 31.2 Å². The number of nitrogens with one attached hydrogen (secondary N) is 1. The van der Waals surface area contributed by atoms with Gasteiger partial charge in [-0.25, -0.2) is 8.42 Å². The minimum absolute atomic E-state index is 0.139. The van der Waals surface area contributed by atoms with Crippen molar-refractivity contribution in [3.63, 3.8) is 0 Å². The molecule has 0 spiro atoms. The summed E-state index contributed by atoms with van der Waals surface area (Å²) in [6.45, 7) is 6.96. The van der Waals surface area contributed by atoms with Crippen LogP contribution in [0.2, 0.25) is 0 Å². The van der Waals surface area contributed by atoms with Crippen molar-refractivity contribution >= 4 is 27.5 Å². The van der Waals surface area contributed by atoms with Crippen molar-refractivity contribution in [2.75, 3.05) is 84.0 Å². The lowest BCUT2D eigenvalue weighted by Gasteiger charge is -2.34. The van der Waals surface area contributed by atoms with Crippen LogP contribution < -0.4 is 5.32 Å². The van der Waals surface area contributed by atoms with Crippen LogP contribution in [0.3, 0.4) is 0 Å². The number of morpholine rings is 1. The third-order valence-corrected chi connectivity index (χ3v) is 8.31. The van der Waals surface area contributed by atoms with Crippen LogP contribution in [0.25, 0.3) is 0 Å². The Morgan fingerprint density at radius 3 is 2.00 bits per heavy atom. The maximum atomic E-state index is 12.7. The van der Waals surface area contributed by atoms with Crippen molar-refractivity contribution in [2.45, 2.75) is 17.7 Å². The van der Waals surface area contributed by atoms with Gasteiger partial charge in [0.15, 0.2) is 0 Å². The maximum Gasteiger partial charge on any atom is 0.243 e. The molecule has 3 aliphatic rings. The second-order valence-electron chi connectivity index (χ2n) is 8.73. The summed E-state index contributed by atoms with van der Waals surface area (Å²) in [4.78, 5) is 31.2. The number of ether oxygens (including phenoxy) is 1. The normalized spacial score (nSPS) is 21.3. The fourth-order valence-electron chi connectivity index (χ4n) is 4.41. The third kappa shape index (κ3) is 6.30. The predicted octanol–water partition coefficient (Wildman–Crippen LogP) is -0.114. The van der Waals surface area contributed by atoms with Crippen molar-refractivity contribution in [3.05, 3.63) is 24.3 Å². The number of sulfonamides is 1. The van der Waals surface area contributed by atoms with Crippen LogP contribution in [0.15, 0.2) is 29.2 Å². The van der Waals surface area contributed by atoms with Crippen LogP contribution in [0.5, 0.6) is 0 Å². The number of rotatable bonds is 7. The maximum absolute atomic E-state index is 12.7. The van der Waals surface area contributed by atoms with Crippen molar-refractivity contribution < 1.29 is 22.7 Å². The molecule has 182 valence electrons. The number of carbonyl (C=O) groups is 2. The zero-order valence-electron chi connectivity index (χ0n) is 18.9. The Labute approximate surface area is 195 Å². The quantitative estimate of drug-likeness (QED) is 0.582. The van der Waals surface area contributed by atoms with Crippen LogP contribution in [0.1, 0.15) is 12.8 Å². The van der Waals surface area contributed by atoms with Crippen molar-refractivity contribution in [3.8, 4) is 0 Å². The highest BCUT2D eigenvalue weighted by molar-refractivity contribution is 7.89. The summed E-state index contributed by atoms with van der Waals surface area (Å²) in [5, 5.41) is 2.84. The number of carbonyl (C=O) groups excluding carboxylic acids is 2. The molecule has 3 aliphatic heterocycles. The average molecular weight is 480 g/mol. The van der Waals surface area contributed by atoms with Gasteiger partial charge < -0.3 is 15.0 Å². The SMILES string of the molecule is O=C(CN1CCN(CC(=O)N2CCCC2)CC1)Nc1ccc(S(=O)(=O)N2CCOCC2)cc1. The van der Waals surface area contributed by atoms with E-state index in [9.17, 15) is 18.0 Å². The molecule has 3 fully saturated rings. The van der Waals surface area contributed by atoms with E-state index in [2.05, 4.69) is 15.1 Å². The molecular formula is C22H33N5O5S. The molecule has 4 rings (SSSR count). The molecule has 11 heteroatoms. The topological polar surface area (TPSA) is 102 Å². The minimum Gasteiger partial charge on any atom is -0.379 e. The average Bonchev–Trinajstić information content (AvgIpc) is 3.37. The molecule has 2 amide bonds. The summed E-state index contributed by atoms with van der Waals surface area (Å²) in [6.07, 6.45) is 2.20. The molecule has 3 saturated heterocycles. The Balaban J connectivity index is 1.21. The Morgan fingerprint density at radius 1 is 0.818 bits per heavy atom. The van der Waals surface area contributed by atoms with Gasteiger partial charge in [-0.05, 0) is 37.1 Å². The van der Waals surface area contributed by atoms with Crippen molar-refractivity contribution in [2.24, 2.45) is 0 Å². The predicted molar refractivity (Wildman–Crippen MR) is 123 cm³/mol. The Kier molecular flexibility index (Phi) is 7.97. The largest absolute Gasteiger partial charge is 0.379 e. The number of amides is 2. The first kappa shape index (κ1) is 24.1. The highest BCUT2D eigenvalue weighted by Gasteiger charge is 2.27. The van der Waals surface area contributed by atoms with E-state index in [0.717, 1.165) is 52.1 Å². The molecule has 0 saturated carbocycles. The van der Waals surface area contributed by atoms with Gasteiger partial charge in [0.2, 0.25) is 21.8 Å². The minimum atomic E-state index is -3.55.